The summed E-state index contributed by atoms with van der Waals surface area (Å²) < 4.78 is 42.5. The van der Waals surface area contributed by atoms with Crippen LogP contribution in [0.25, 0.3) is 5.65 Å². The van der Waals surface area contributed by atoms with E-state index in [9.17, 15) is 18.0 Å². The van der Waals surface area contributed by atoms with Crippen LogP contribution in [0.3, 0.4) is 0 Å². The highest BCUT2D eigenvalue weighted by Gasteiger charge is 2.36. The van der Waals surface area contributed by atoms with Gasteiger partial charge in [-0.15, -0.1) is 0 Å². The quantitative estimate of drug-likeness (QED) is 0.618. The van der Waals surface area contributed by atoms with Crippen LogP contribution in [0.1, 0.15) is 34.5 Å². The van der Waals surface area contributed by atoms with Gasteiger partial charge in [0.2, 0.25) is 0 Å². The van der Waals surface area contributed by atoms with Crippen molar-refractivity contribution in [1.29, 1.82) is 0 Å². The van der Waals surface area contributed by atoms with Crippen molar-refractivity contribution in [3.8, 4) is 0 Å². The topological polar surface area (TPSA) is 68.3 Å². The molecule has 3 heterocycles. The average Bonchev–Trinajstić information content (AvgIpc) is 3.17. The second-order valence-electron chi connectivity index (χ2n) is 5.98. The van der Waals surface area contributed by atoms with Gasteiger partial charge in [-0.3, -0.25) is 9.48 Å². The van der Waals surface area contributed by atoms with Crippen molar-refractivity contribution in [3.63, 3.8) is 0 Å². The molecule has 0 aromatic carbocycles. The van der Waals surface area contributed by atoms with Gasteiger partial charge in [-0.25, -0.2) is 9.50 Å². The van der Waals surface area contributed by atoms with E-state index in [1.807, 2.05) is 6.92 Å². The molecule has 1 amide bonds. The summed E-state index contributed by atoms with van der Waals surface area (Å²) in [7, 11) is 1.55. The molecule has 0 bridgehead atoms. The van der Waals surface area contributed by atoms with E-state index in [0.29, 0.717) is 11.1 Å². The molecule has 0 fully saturated rings. The molecular weight excluding hydrogens is 429 g/mol. The standard InChI is InChI=1S/C16H16BrF3N6O/c1-4-25-10(5-6-21-25)8-24(3)15(27)13-12(17)14-22-9(2)7-11(16(18,19)20)26(14)23-13/h5-7H,4,8H2,1-3H3. The van der Waals surface area contributed by atoms with Crippen LogP contribution < -0.4 is 0 Å². The summed E-state index contributed by atoms with van der Waals surface area (Å²) in [5, 5.41) is 8.02. The van der Waals surface area contributed by atoms with Crippen LogP contribution >= 0.6 is 15.9 Å². The minimum absolute atomic E-state index is 0.0577. The van der Waals surface area contributed by atoms with Gasteiger partial charge in [-0.2, -0.15) is 23.4 Å². The number of alkyl halides is 3. The molecule has 3 aromatic rings. The Hall–Kier alpha value is -2.43. The highest BCUT2D eigenvalue weighted by atomic mass is 79.9. The van der Waals surface area contributed by atoms with Crippen molar-refractivity contribution in [3.05, 3.63) is 45.6 Å². The maximum atomic E-state index is 13.3. The van der Waals surface area contributed by atoms with Crippen LogP contribution in [-0.2, 0) is 19.3 Å². The van der Waals surface area contributed by atoms with Gasteiger partial charge < -0.3 is 4.90 Å². The maximum Gasteiger partial charge on any atom is 0.433 e. The Morgan fingerprint density at radius 1 is 1.37 bits per heavy atom. The van der Waals surface area contributed by atoms with E-state index in [0.717, 1.165) is 11.8 Å². The van der Waals surface area contributed by atoms with Crippen molar-refractivity contribution < 1.29 is 18.0 Å². The van der Waals surface area contributed by atoms with E-state index >= 15 is 0 Å². The highest BCUT2D eigenvalue weighted by molar-refractivity contribution is 9.10. The lowest BCUT2D eigenvalue weighted by Gasteiger charge is -2.16. The Bertz CT molecular complexity index is 1010. The smallest absolute Gasteiger partial charge is 0.334 e. The summed E-state index contributed by atoms with van der Waals surface area (Å²) in [6, 6.07) is 2.67. The summed E-state index contributed by atoms with van der Waals surface area (Å²) in [5.74, 6) is -0.526. The van der Waals surface area contributed by atoms with E-state index in [-0.39, 0.29) is 28.1 Å². The predicted octanol–water partition coefficient (Wildman–Crippen LogP) is 3.31. The lowest BCUT2D eigenvalue weighted by molar-refractivity contribution is -0.142. The monoisotopic (exact) mass is 444 g/mol. The van der Waals surface area contributed by atoms with Crippen molar-refractivity contribution in [2.24, 2.45) is 0 Å². The summed E-state index contributed by atoms with van der Waals surface area (Å²) in [6.45, 7) is 4.25. The first-order chi connectivity index (χ1) is 12.6. The molecule has 0 atom stereocenters. The number of halogens is 4. The SMILES string of the molecule is CCn1nccc1CN(C)C(=O)c1nn2c(C(F)(F)F)cc(C)nc2c1Br. The second kappa shape index (κ2) is 6.95. The number of hydrogen-bond donors (Lipinski definition) is 0. The molecule has 3 aromatic heterocycles. The zero-order chi connectivity index (χ0) is 19.9. The van der Waals surface area contributed by atoms with Crippen LogP contribution in [0.4, 0.5) is 13.2 Å². The summed E-state index contributed by atoms with van der Waals surface area (Å²) >= 11 is 3.18. The third-order valence-electron chi connectivity index (χ3n) is 4.00. The lowest BCUT2D eigenvalue weighted by Crippen LogP contribution is -2.28. The number of fused-ring (bicyclic) bond motifs is 1. The first-order valence-electron chi connectivity index (χ1n) is 8.02. The Morgan fingerprint density at radius 2 is 2.07 bits per heavy atom. The van der Waals surface area contributed by atoms with Crippen molar-refractivity contribution in [2.75, 3.05) is 7.05 Å². The third kappa shape index (κ3) is 3.55. The summed E-state index contributed by atoms with van der Waals surface area (Å²) in [4.78, 5) is 18.2. The maximum absolute atomic E-state index is 13.3. The van der Waals surface area contributed by atoms with Gasteiger partial charge in [0.05, 0.1) is 16.7 Å². The van der Waals surface area contributed by atoms with E-state index in [1.54, 1.807) is 24.0 Å². The van der Waals surface area contributed by atoms with Crippen molar-refractivity contribution in [1.82, 2.24) is 29.3 Å². The van der Waals surface area contributed by atoms with Gasteiger partial charge in [0, 0.05) is 25.5 Å². The molecule has 0 aliphatic carbocycles. The molecule has 27 heavy (non-hydrogen) atoms. The average molecular weight is 445 g/mol. The van der Waals surface area contributed by atoms with Crippen LogP contribution in [0.5, 0.6) is 0 Å². The first-order valence-corrected chi connectivity index (χ1v) is 8.82. The van der Waals surface area contributed by atoms with E-state index in [2.05, 4.69) is 31.1 Å². The number of nitrogens with zero attached hydrogens (tertiary/aromatic N) is 6. The molecular formula is C16H16BrF3N6O. The molecule has 11 heteroatoms. The Balaban J connectivity index is 2.01. The zero-order valence-corrected chi connectivity index (χ0v) is 16.3. The van der Waals surface area contributed by atoms with E-state index in [1.165, 1.54) is 11.8 Å². The van der Waals surface area contributed by atoms with Gasteiger partial charge in [-0.05, 0) is 41.9 Å². The van der Waals surface area contributed by atoms with Gasteiger partial charge in [0.15, 0.2) is 11.3 Å². The number of rotatable bonds is 4. The Kier molecular flexibility index (Phi) is 4.98. The van der Waals surface area contributed by atoms with Crippen LogP contribution in [0.15, 0.2) is 22.8 Å². The zero-order valence-electron chi connectivity index (χ0n) is 14.7. The largest absolute Gasteiger partial charge is 0.433 e. The number of amides is 1. The molecule has 144 valence electrons. The predicted molar refractivity (Wildman–Crippen MR) is 94.1 cm³/mol. The molecule has 0 N–H and O–H groups in total. The third-order valence-corrected chi connectivity index (χ3v) is 4.73. The fourth-order valence-corrected chi connectivity index (χ4v) is 3.23. The number of aromatic nitrogens is 5. The minimum Gasteiger partial charge on any atom is -0.334 e. The summed E-state index contributed by atoms with van der Waals surface area (Å²) in [6.07, 6.45) is -3.00. The van der Waals surface area contributed by atoms with Crippen LogP contribution in [-0.4, -0.2) is 42.2 Å². The van der Waals surface area contributed by atoms with Gasteiger partial charge in [-0.1, -0.05) is 0 Å². The van der Waals surface area contributed by atoms with Gasteiger partial charge in [0.25, 0.3) is 5.91 Å². The lowest BCUT2D eigenvalue weighted by atomic mass is 10.3. The molecule has 3 rings (SSSR count). The molecule has 7 nitrogen and oxygen atoms in total. The number of hydrogen-bond acceptors (Lipinski definition) is 4. The number of carbonyl (C=O) groups is 1. The minimum atomic E-state index is -4.63. The highest BCUT2D eigenvalue weighted by Crippen LogP contribution is 2.32. The molecule has 0 unspecified atom stereocenters. The van der Waals surface area contributed by atoms with Gasteiger partial charge >= 0.3 is 6.18 Å². The number of aryl methyl sites for hydroxylation is 2. The van der Waals surface area contributed by atoms with Crippen LogP contribution in [0, 0.1) is 6.92 Å². The Morgan fingerprint density at radius 3 is 2.70 bits per heavy atom. The van der Waals surface area contributed by atoms with Crippen molar-refractivity contribution in [2.45, 2.75) is 33.1 Å². The number of carbonyl (C=O) groups excluding carboxylic acids is 1. The molecule has 0 spiro atoms. The fraction of sp³-hybridized carbons (Fsp3) is 0.375. The molecule has 0 aliphatic heterocycles. The molecule has 0 radical (unpaired) electrons. The fourth-order valence-electron chi connectivity index (χ4n) is 2.73. The first kappa shape index (κ1) is 19.3. The normalized spacial score (nSPS) is 12.0. The van der Waals surface area contributed by atoms with Gasteiger partial charge in [0.1, 0.15) is 5.69 Å². The Labute approximate surface area is 160 Å². The second-order valence-corrected chi connectivity index (χ2v) is 6.77. The molecule has 0 aliphatic rings. The summed E-state index contributed by atoms with van der Waals surface area (Å²) in [5.41, 5.74) is -0.203. The van der Waals surface area contributed by atoms with Crippen molar-refractivity contribution >= 4 is 27.5 Å². The van der Waals surface area contributed by atoms with E-state index < -0.39 is 17.8 Å². The molecule has 0 saturated heterocycles. The molecule has 0 saturated carbocycles. The van der Waals surface area contributed by atoms with Crippen LogP contribution in [0.2, 0.25) is 0 Å². The van der Waals surface area contributed by atoms with E-state index in [4.69, 9.17) is 0 Å².